The molecular weight excluding hydrogens is 200 g/mol. The average molecular weight is 219 g/mol. The minimum atomic E-state index is 0.0817. The van der Waals surface area contributed by atoms with Crippen LogP contribution in [0.4, 0.5) is 0 Å². The third kappa shape index (κ3) is 3.14. The molecule has 0 spiro atoms. The second kappa shape index (κ2) is 5.56. The van der Waals surface area contributed by atoms with Gasteiger partial charge in [-0.3, -0.25) is 4.79 Å². The molecule has 1 aliphatic heterocycles. The van der Waals surface area contributed by atoms with Gasteiger partial charge in [0.2, 0.25) is 5.91 Å². The Morgan fingerprint density at radius 3 is 2.79 bits per heavy atom. The van der Waals surface area contributed by atoms with Crippen LogP contribution in [-0.2, 0) is 4.79 Å². The van der Waals surface area contributed by atoms with Crippen molar-refractivity contribution in [1.82, 2.24) is 9.80 Å². The Bertz CT molecular complexity index is 197. The summed E-state index contributed by atoms with van der Waals surface area (Å²) in [6.07, 6.45) is 3.46. The number of alkyl halides is 1. The van der Waals surface area contributed by atoms with Gasteiger partial charge in [0.05, 0.1) is 0 Å². The van der Waals surface area contributed by atoms with Gasteiger partial charge in [-0.1, -0.05) is 0 Å². The van der Waals surface area contributed by atoms with Crippen LogP contribution < -0.4 is 0 Å². The van der Waals surface area contributed by atoms with E-state index < -0.39 is 0 Å². The van der Waals surface area contributed by atoms with Crippen LogP contribution in [0, 0.1) is 0 Å². The molecule has 1 fully saturated rings. The first kappa shape index (κ1) is 11.8. The van der Waals surface area contributed by atoms with Crippen LogP contribution >= 0.6 is 11.6 Å². The summed E-state index contributed by atoms with van der Waals surface area (Å²) in [6.45, 7) is 1.83. The highest BCUT2D eigenvalue weighted by Crippen LogP contribution is 2.17. The van der Waals surface area contributed by atoms with Crippen molar-refractivity contribution in [3.63, 3.8) is 0 Å². The standard InChI is InChI=1S/C10H19ClN2O/c1-12(2)8-9-5-3-4-6-13(9)10(14)7-11/h9H,3-8H2,1-2H3/t9-/m1/s1. The highest BCUT2D eigenvalue weighted by Gasteiger charge is 2.25. The Morgan fingerprint density at radius 2 is 2.21 bits per heavy atom. The smallest absolute Gasteiger partial charge is 0.237 e. The first-order valence-corrected chi connectivity index (χ1v) is 5.68. The highest BCUT2D eigenvalue weighted by atomic mass is 35.5. The molecule has 1 aliphatic rings. The van der Waals surface area contributed by atoms with E-state index in [1.807, 2.05) is 19.0 Å². The Labute approximate surface area is 91.0 Å². The largest absolute Gasteiger partial charge is 0.337 e. The van der Waals surface area contributed by atoms with E-state index in [-0.39, 0.29) is 11.8 Å². The van der Waals surface area contributed by atoms with E-state index in [1.165, 1.54) is 6.42 Å². The Morgan fingerprint density at radius 1 is 1.50 bits per heavy atom. The molecule has 0 aromatic heterocycles. The molecule has 0 aliphatic carbocycles. The fourth-order valence-corrected chi connectivity index (χ4v) is 2.17. The summed E-state index contributed by atoms with van der Waals surface area (Å²) < 4.78 is 0. The number of hydrogen-bond donors (Lipinski definition) is 0. The summed E-state index contributed by atoms with van der Waals surface area (Å²) in [7, 11) is 4.08. The van der Waals surface area contributed by atoms with Gasteiger partial charge in [0.15, 0.2) is 0 Å². The topological polar surface area (TPSA) is 23.6 Å². The van der Waals surface area contributed by atoms with Gasteiger partial charge in [0.25, 0.3) is 0 Å². The lowest BCUT2D eigenvalue weighted by Crippen LogP contribution is -2.48. The van der Waals surface area contributed by atoms with Crippen LogP contribution in [-0.4, -0.2) is 54.8 Å². The molecule has 0 saturated carbocycles. The molecule has 1 saturated heterocycles. The van der Waals surface area contributed by atoms with E-state index >= 15 is 0 Å². The summed E-state index contributed by atoms with van der Waals surface area (Å²) in [6, 6.07) is 0.366. The van der Waals surface area contributed by atoms with Gasteiger partial charge in [0, 0.05) is 19.1 Å². The summed E-state index contributed by atoms with van der Waals surface area (Å²) in [5.74, 6) is 0.197. The van der Waals surface area contributed by atoms with Gasteiger partial charge in [-0.15, -0.1) is 11.6 Å². The number of rotatable bonds is 3. The molecule has 0 bridgehead atoms. The maximum absolute atomic E-state index is 11.5. The fourth-order valence-electron chi connectivity index (χ4n) is 2.02. The quantitative estimate of drug-likeness (QED) is 0.664. The molecule has 1 atom stereocenters. The van der Waals surface area contributed by atoms with Crippen LogP contribution in [0.15, 0.2) is 0 Å². The normalized spacial score (nSPS) is 22.9. The number of likely N-dealkylation sites (N-methyl/N-ethyl adjacent to an activating group) is 1. The predicted molar refractivity (Wildman–Crippen MR) is 58.6 cm³/mol. The molecule has 3 nitrogen and oxygen atoms in total. The molecule has 4 heteroatoms. The third-order valence-corrected chi connectivity index (χ3v) is 2.87. The zero-order valence-electron chi connectivity index (χ0n) is 9.00. The van der Waals surface area contributed by atoms with Gasteiger partial charge >= 0.3 is 0 Å². The minimum Gasteiger partial charge on any atom is -0.337 e. The second-order valence-corrected chi connectivity index (χ2v) is 4.40. The number of amides is 1. The molecule has 0 aromatic carbocycles. The molecule has 0 aromatic rings. The number of carbonyl (C=O) groups excluding carboxylic acids is 1. The van der Waals surface area contributed by atoms with Gasteiger partial charge in [-0.2, -0.15) is 0 Å². The van der Waals surface area contributed by atoms with Crippen molar-refractivity contribution in [2.75, 3.05) is 33.1 Å². The Kier molecular flexibility index (Phi) is 4.69. The highest BCUT2D eigenvalue weighted by molar-refractivity contribution is 6.27. The van der Waals surface area contributed by atoms with Crippen molar-refractivity contribution in [1.29, 1.82) is 0 Å². The fraction of sp³-hybridized carbons (Fsp3) is 0.900. The van der Waals surface area contributed by atoms with Gasteiger partial charge < -0.3 is 9.80 Å². The first-order valence-electron chi connectivity index (χ1n) is 5.15. The van der Waals surface area contributed by atoms with E-state index in [0.29, 0.717) is 6.04 Å². The molecular formula is C10H19ClN2O. The van der Waals surface area contributed by atoms with E-state index in [4.69, 9.17) is 11.6 Å². The number of halogens is 1. The van der Waals surface area contributed by atoms with Crippen LogP contribution in [0.3, 0.4) is 0 Å². The van der Waals surface area contributed by atoms with Crippen molar-refractivity contribution in [3.8, 4) is 0 Å². The minimum absolute atomic E-state index is 0.0817. The maximum atomic E-state index is 11.5. The monoisotopic (exact) mass is 218 g/mol. The van der Waals surface area contributed by atoms with E-state index in [2.05, 4.69) is 4.90 Å². The molecule has 0 unspecified atom stereocenters. The number of nitrogens with zero attached hydrogens (tertiary/aromatic N) is 2. The van der Waals surface area contributed by atoms with Gasteiger partial charge in [-0.25, -0.2) is 0 Å². The predicted octanol–water partition coefficient (Wildman–Crippen LogP) is 1.17. The van der Waals surface area contributed by atoms with Crippen molar-refractivity contribution in [2.24, 2.45) is 0 Å². The molecule has 82 valence electrons. The van der Waals surface area contributed by atoms with Crippen molar-refractivity contribution < 1.29 is 4.79 Å². The number of likely N-dealkylation sites (tertiary alicyclic amines) is 1. The van der Waals surface area contributed by atoms with Crippen molar-refractivity contribution >= 4 is 17.5 Å². The van der Waals surface area contributed by atoms with Crippen LogP contribution in [0.5, 0.6) is 0 Å². The zero-order valence-corrected chi connectivity index (χ0v) is 9.76. The molecule has 0 N–H and O–H groups in total. The Hall–Kier alpha value is -0.280. The number of carbonyl (C=O) groups is 1. The van der Waals surface area contributed by atoms with E-state index in [9.17, 15) is 4.79 Å². The van der Waals surface area contributed by atoms with E-state index in [0.717, 1.165) is 25.9 Å². The summed E-state index contributed by atoms with van der Waals surface area (Å²) in [5.41, 5.74) is 0. The summed E-state index contributed by atoms with van der Waals surface area (Å²) in [5, 5.41) is 0. The number of piperidine rings is 1. The maximum Gasteiger partial charge on any atom is 0.237 e. The van der Waals surface area contributed by atoms with Crippen LogP contribution in [0.2, 0.25) is 0 Å². The molecule has 1 amide bonds. The summed E-state index contributed by atoms with van der Waals surface area (Å²) >= 11 is 5.58. The van der Waals surface area contributed by atoms with Crippen LogP contribution in [0.25, 0.3) is 0 Å². The lowest BCUT2D eigenvalue weighted by atomic mass is 10.0. The molecule has 14 heavy (non-hydrogen) atoms. The van der Waals surface area contributed by atoms with Crippen molar-refractivity contribution in [3.05, 3.63) is 0 Å². The zero-order chi connectivity index (χ0) is 10.6. The van der Waals surface area contributed by atoms with Crippen LogP contribution in [0.1, 0.15) is 19.3 Å². The second-order valence-electron chi connectivity index (χ2n) is 4.13. The molecule has 1 rings (SSSR count). The number of hydrogen-bond acceptors (Lipinski definition) is 2. The van der Waals surface area contributed by atoms with Gasteiger partial charge in [-0.05, 0) is 33.4 Å². The Balaban J connectivity index is 2.54. The lowest BCUT2D eigenvalue weighted by Gasteiger charge is -2.36. The van der Waals surface area contributed by atoms with Crippen molar-refractivity contribution in [2.45, 2.75) is 25.3 Å². The SMILES string of the molecule is CN(C)C[C@H]1CCCCN1C(=O)CCl. The first-order chi connectivity index (χ1) is 6.65. The average Bonchev–Trinajstić information content (AvgIpc) is 2.16. The third-order valence-electron chi connectivity index (χ3n) is 2.64. The lowest BCUT2D eigenvalue weighted by molar-refractivity contribution is -0.132. The van der Waals surface area contributed by atoms with E-state index in [1.54, 1.807) is 0 Å². The summed E-state index contributed by atoms with van der Waals surface area (Å²) in [4.78, 5) is 15.6. The molecule has 1 heterocycles. The molecule has 0 radical (unpaired) electrons. The van der Waals surface area contributed by atoms with Gasteiger partial charge in [0.1, 0.15) is 5.88 Å².